The van der Waals surface area contributed by atoms with Crippen LogP contribution >= 0.6 is 0 Å². The minimum Gasteiger partial charge on any atom is -0.277 e. The van der Waals surface area contributed by atoms with Crippen molar-refractivity contribution in [2.45, 2.75) is 32.6 Å². The van der Waals surface area contributed by atoms with Crippen LogP contribution in [0.2, 0.25) is 0 Å². The maximum Gasteiger partial charge on any atom is 0.328 e. The van der Waals surface area contributed by atoms with E-state index in [-0.39, 0.29) is 0 Å². The lowest BCUT2D eigenvalue weighted by Gasteiger charge is -2.33. The fourth-order valence-electron chi connectivity index (χ4n) is 2.54. The van der Waals surface area contributed by atoms with Gasteiger partial charge in [-0.15, -0.1) is 0 Å². The zero-order valence-electron chi connectivity index (χ0n) is 11.4. The number of barbiturate groups is 1. The number of amides is 4. The van der Waals surface area contributed by atoms with E-state index in [1.807, 2.05) is 30.3 Å². The van der Waals surface area contributed by atoms with Crippen molar-refractivity contribution in [3.8, 4) is 0 Å². The molecule has 1 aromatic carbocycles. The molecular weight excluding hydrogens is 256 g/mol. The predicted molar refractivity (Wildman–Crippen MR) is 73.8 cm³/mol. The highest BCUT2D eigenvalue weighted by molar-refractivity contribution is 6.19. The van der Waals surface area contributed by atoms with Crippen molar-refractivity contribution in [3.63, 3.8) is 0 Å². The van der Waals surface area contributed by atoms with Crippen LogP contribution in [0.5, 0.6) is 0 Å². The van der Waals surface area contributed by atoms with Crippen LogP contribution in [0, 0.1) is 5.41 Å². The highest BCUT2D eigenvalue weighted by atomic mass is 16.2. The molecule has 1 aromatic rings. The molecule has 1 aliphatic rings. The first-order chi connectivity index (χ1) is 9.58. The highest BCUT2D eigenvalue weighted by Gasteiger charge is 2.48. The summed E-state index contributed by atoms with van der Waals surface area (Å²) in [4.78, 5) is 35.2. The van der Waals surface area contributed by atoms with E-state index in [9.17, 15) is 14.4 Å². The number of benzene rings is 1. The normalized spacial score (nSPS) is 17.6. The molecule has 1 aliphatic heterocycles. The Labute approximate surface area is 117 Å². The van der Waals surface area contributed by atoms with Crippen LogP contribution in [-0.2, 0) is 16.0 Å². The molecule has 0 saturated carbocycles. The van der Waals surface area contributed by atoms with Gasteiger partial charge in [-0.2, -0.15) is 0 Å². The van der Waals surface area contributed by atoms with Crippen molar-refractivity contribution >= 4 is 17.8 Å². The second-order valence-electron chi connectivity index (χ2n) is 5.01. The third kappa shape index (κ3) is 2.71. The fraction of sp³-hybridized carbons (Fsp3) is 0.400. The summed E-state index contributed by atoms with van der Waals surface area (Å²) in [6.45, 7) is 1.79. The van der Waals surface area contributed by atoms with E-state index in [2.05, 4.69) is 10.6 Å². The van der Waals surface area contributed by atoms with Crippen LogP contribution in [0.1, 0.15) is 31.7 Å². The van der Waals surface area contributed by atoms with Crippen LogP contribution in [0.4, 0.5) is 4.79 Å². The molecule has 1 saturated heterocycles. The Bertz CT molecular complexity index is 505. The molecule has 2 rings (SSSR count). The number of imide groups is 2. The van der Waals surface area contributed by atoms with Gasteiger partial charge in [0.1, 0.15) is 5.41 Å². The topological polar surface area (TPSA) is 75.3 Å². The van der Waals surface area contributed by atoms with Crippen molar-refractivity contribution in [2.75, 3.05) is 0 Å². The van der Waals surface area contributed by atoms with Crippen molar-refractivity contribution in [1.82, 2.24) is 10.6 Å². The van der Waals surface area contributed by atoms with Crippen LogP contribution in [-0.4, -0.2) is 17.8 Å². The predicted octanol–water partition coefficient (Wildman–Crippen LogP) is 1.77. The molecule has 0 unspecified atom stereocenters. The molecule has 5 heteroatoms. The van der Waals surface area contributed by atoms with Gasteiger partial charge in [-0.05, 0) is 31.2 Å². The molecule has 0 spiro atoms. The summed E-state index contributed by atoms with van der Waals surface area (Å²) < 4.78 is 0. The number of hydrogen-bond acceptors (Lipinski definition) is 3. The Balaban J connectivity index is 2.02. The van der Waals surface area contributed by atoms with Crippen LogP contribution < -0.4 is 10.6 Å². The zero-order chi connectivity index (χ0) is 14.6. The van der Waals surface area contributed by atoms with E-state index >= 15 is 0 Å². The summed E-state index contributed by atoms with van der Waals surface area (Å²) >= 11 is 0. The number of hydrogen-bond donors (Lipinski definition) is 2. The third-order valence-corrected chi connectivity index (χ3v) is 3.84. The van der Waals surface area contributed by atoms with E-state index in [1.54, 1.807) is 6.92 Å². The minimum atomic E-state index is -1.12. The Kier molecular flexibility index (Phi) is 4.17. The van der Waals surface area contributed by atoms with Gasteiger partial charge in [0.05, 0.1) is 0 Å². The molecule has 106 valence electrons. The average Bonchev–Trinajstić information content (AvgIpc) is 2.43. The Morgan fingerprint density at radius 1 is 1.00 bits per heavy atom. The lowest BCUT2D eigenvalue weighted by molar-refractivity contribution is -0.145. The van der Waals surface area contributed by atoms with Crippen molar-refractivity contribution in [1.29, 1.82) is 0 Å². The van der Waals surface area contributed by atoms with Crippen LogP contribution in [0.3, 0.4) is 0 Å². The molecule has 0 atom stereocenters. The van der Waals surface area contributed by atoms with Crippen molar-refractivity contribution < 1.29 is 14.4 Å². The summed E-state index contributed by atoms with van der Waals surface area (Å²) in [6, 6.07) is 9.18. The Hall–Kier alpha value is -2.17. The molecule has 0 radical (unpaired) electrons. The maximum atomic E-state index is 12.0. The smallest absolute Gasteiger partial charge is 0.277 e. The molecule has 0 aliphatic carbocycles. The van der Waals surface area contributed by atoms with Crippen molar-refractivity contribution in [3.05, 3.63) is 35.9 Å². The summed E-state index contributed by atoms with van der Waals surface area (Å²) in [6.07, 6.45) is 2.33. The Morgan fingerprint density at radius 2 is 1.60 bits per heavy atom. The minimum absolute atomic E-state index is 0.382. The standard InChI is InChI=1S/C15H18N2O3/c1-2-15(12(18)16-14(20)17-13(15)19)10-6-9-11-7-4-3-5-8-11/h3-5,7-8H,2,6,9-10H2,1H3,(H2,16,17,18,19,20). The van der Waals surface area contributed by atoms with E-state index in [4.69, 9.17) is 0 Å². The fourth-order valence-corrected chi connectivity index (χ4v) is 2.54. The number of aryl methyl sites for hydroxylation is 1. The zero-order valence-corrected chi connectivity index (χ0v) is 11.4. The summed E-state index contributed by atoms with van der Waals surface area (Å²) in [5.74, 6) is -0.969. The number of carbonyl (C=O) groups is 3. The van der Waals surface area contributed by atoms with E-state index in [0.717, 1.165) is 6.42 Å². The number of carbonyl (C=O) groups excluding carboxylic acids is 3. The first-order valence-corrected chi connectivity index (χ1v) is 6.79. The maximum absolute atomic E-state index is 12.0. The summed E-state index contributed by atoms with van der Waals surface area (Å²) in [5, 5.41) is 4.38. The lowest BCUT2D eigenvalue weighted by atomic mass is 9.77. The first-order valence-electron chi connectivity index (χ1n) is 6.79. The second-order valence-corrected chi connectivity index (χ2v) is 5.01. The largest absolute Gasteiger partial charge is 0.328 e. The molecule has 20 heavy (non-hydrogen) atoms. The second kappa shape index (κ2) is 5.86. The molecular formula is C15H18N2O3. The summed E-state index contributed by atoms with van der Waals surface area (Å²) in [5.41, 5.74) is 0.0503. The molecule has 4 amide bonds. The van der Waals surface area contributed by atoms with Gasteiger partial charge in [0.15, 0.2) is 0 Å². The van der Waals surface area contributed by atoms with Crippen molar-refractivity contribution in [2.24, 2.45) is 5.41 Å². The molecule has 2 N–H and O–H groups in total. The summed E-state index contributed by atoms with van der Waals surface area (Å²) in [7, 11) is 0. The number of rotatable bonds is 5. The number of urea groups is 1. The molecule has 1 fully saturated rings. The van der Waals surface area contributed by atoms with Gasteiger partial charge in [0.25, 0.3) is 0 Å². The average molecular weight is 274 g/mol. The molecule has 1 heterocycles. The third-order valence-electron chi connectivity index (χ3n) is 3.84. The van der Waals surface area contributed by atoms with Gasteiger partial charge in [0.2, 0.25) is 11.8 Å². The van der Waals surface area contributed by atoms with Gasteiger partial charge in [-0.25, -0.2) is 4.79 Å². The van der Waals surface area contributed by atoms with Gasteiger partial charge in [0, 0.05) is 0 Å². The lowest BCUT2D eigenvalue weighted by Crippen LogP contribution is -2.62. The van der Waals surface area contributed by atoms with Crippen LogP contribution in [0.25, 0.3) is 0 Å². The molecule has 0 aromatic heterocycles. The van der Waals surface area contributed by atoms with Gasteiger partial charge < -0.3 is 0 Å². The molecule has 0 bridgehead atoms. The van der Waals surface area contributed by atoms with E-state index < -0.39 is 23.3 Å². The SMILES string of the molecule is CCC1(CCCc2ccccc2)C(=O)NC(=O)NC1=O. The molecule has 5 nitrogen and oxygen atoms in total. The monoisotopic (exact) mass is 274 g/mol. The van der Waals surface area contributed by atoms with E-state index in [1.165, 1.54) is 5.56 Å². The van der Waals surface area contributed by atoms with Gasteiger partial charge >= 0.3 is 6.03 Å². The number of nitrogens with one attached hydrogen (secondary N) is 2. The Morgan fingerprint density at radius 3 is 2.15 bits per heavy atom. The van der Waals surface area contributed by atoms with E-state index in [0.29, 0.717) is 19.3 Å². The van der Waals surface area contributed by atoms with Crippen LogP contribution in [0.15, 0.2) is 30.3 Å². The van der Waals surface area contributed by atoms with Gasteiger partial charge in [-0.3, -0.25) is 20.2 Å². The van der Waals surface area contributed by atoms with Gasteiger partial charge in [-0.1, -0.05) is 37.3 Å². The highest BCUT2D eigenvalue weighted by Crippen LogP contribution is 2.31. The first kappa shape index (κ1) is 14.2. The quantitative estimate of drug-likeness (QED) is 0.803.